The van der Waals surface area contributed by atoms with E-state index in [0.717, 1.165) is 45.6 Å². The van der Waals surface area contributed by atoms with E-state index in [2.05, 4.69) is 43.0 Å². The molecular formula is C22H30N4OS. The number of likely N-dealkylation sites (tertiary alicyclic amines) is 2. The molecule has 0 aromatic carbocycles. The van der Waals surface area contributed by atoms with Gasteiger partial charge < -0.3 is 5.32 Å². The van der Waals surface area contributed by atoms with Crippen LogP contribution in [-0.2, 0) is 17.9 Å². The number of hydrogen-bond donors (Lipinski definition) is 1. The van der Waals surface area contributed by atoms with Crippen molar-refractivity contribution in [3.8, 4) is 0 Å². The third kappa shape index (κ3) is 5.19. The van der Waals surface area contributed by atoms with Crippen molar-refractivity contribution in [3.63, 3.8) is 0 Å². The monoisotopic (exact) mass is 398 g/mol. The highest BCUT2D eigenvalue weighted by atomic mass is 32.1. The number of amides is 1. The van der Waals surface area contributed by atoms with Gasteiger partial charge in [0.1, 0.15) is 0 Å². The summed E-state index contributed by atoms with van der Waals surface area (Å²) in [7, 11) is 0. The Morgan fingerprint density at radius 2 is 2.07 bits per heavy atom. The molecule has 2 aliphatic heterocycles. The Morgan fingerprint density at radius 1 is 1.18 bits per heavy atom. The van der Waals surface area contributed by atoms with E-state index in [-0.39, 0.29) is 11.8 Å². The normalized spacial score (nSPS) is 22.2. The van der Waals surface area contributed by atoms with E-state index in [1.165, 1.54) is 24.0 Å². The lowest BCUT2D eigenvalue weighted by Gasteiger charge is -2.42. The molecule has 4 heterocycles. The molecule has 0 spiro atoms. The highest BCUT2D eigenvalue weighted by molar-refractivity contribution is 7.07. The summed E-state index contributed by atoms with van der Waals surface area (Å²) >= 11 is 1.68. The van der Waals surface area contributed by atoms with Gasteiger partial charge in [0.05, 0.1) is 5.92 Å². The predicted molar refractivity (Wildman–Crippen MR) is 113 cm³/mol. The van der Waals surface area contributed by atoms with Crippen LogP contribution in [0.3, 0.4) is 0 Å². The molecular weight excluding hydrogens is 368 g/mol. The largest absolute Gasteiger partial charge is 0.352 e. The molecule has 0 aliphatic carbocycles. The van der Waals surface area contributed by atoms with Crippen molar-refractivity contribution in [3.05, 3.63) is 52.5 Å². The first kappa shape index (κ1) is 19.6. The number of aromatic nitrogens is 1. The van der Waals surface area contributed by atoms with Crippen LogP contribution in [0.25, 0.3) is 0 Å². The molecule has 0 unspecified atom stereocenters. The molecule has 1 N–H and O–H groups in total. The lowest BCUT2D eigenvalue weighted by Crippen LogP contribution is -2.50. The van der Waals surface area contributed by atoms with E-state index in [9.17, 15) is 4.79 Å². The molecule has 0 saturated carbocycles. The molecule has 150 valence electrons. The van der Waals surface area contributed by atoms with Crippen LogP contribution in [0.5, 0.6) is 0 Å². The lowest BCUT2D eigenvalue weighted by molar-refractivity contribution is -0.127. The summed E-state index contributed by atoms with van der Waals surface area (Å²) in [5.74, 6) is 0.366. The third-order valence-corrected chi connectivity index (χ3v) is 6.80. The first-order chi connectivity index (χ1) is 13.8. The van der Waals surface area contributed by atoms with Crippen LogP contribution in [0.1, 0.15) is 36.8 Å². The second kappa shape index (κ2) is 9.63. The van der Waals surface area contributed by atoms with Crippen LogP contribution in [-0.4, -0.2) is 52.9 Å². The van der Waals surface area contributed by atoms with E-state index < -0.39 is 0 Å². The molecule has 0 bridgehead atoms. The van der Waals surface area contributed by atoms with Crippen LogP contribution in [0.15, 0.2) is 41.4 Å². The number of nitrogens with one attached hydrogen (secondary N) is 1. The van der Waals surface area contributed by atoms with Crippen molar-refractivity contribution in [2.75, 3.05) is 26.2 Å². The number of nitrogens with zero attached hydrogens (tertiary/aromatic N) is 3. The maximum atomic E-state index is 12.6. The topological polar surface area (TPSA) is 48.5 Å². The number of hydrogen-bond acceptors (Lipinski definition) is 5. The van der Waals surface area contributed by atoms with Crippen molar-refractivity contribution >= 4 is 17.2 Å². The molecule has 4 rings (SSSR count). The lowest BCUT2D eigenvalue weighted by atomic mass is 9.93. The minimum Gasteiger partial charge on any atom is -0.352 e. The van der Waals surface area contributed by atoms with Gasteiger partial charge in [-0.05, 0) is 79.3 Å². The van der Waals surface area contributed by atoms with E-state index in [4.69, 9.17) is 0 Å². The average Bonchev–Trinajstić information content (AvgIpc) is 3.27. The minimum absolute atomic E-state index is 0.140. The maximum absolute atomic E-state index is 12.6. The Labute approximate surface area is 171 Å². The van der Waals surface area contributed by atoms with Crippen molar-refractivity contribution in [2.24, 2.45) is 5.92 Å². The predicted octanol–water partition coefficient (Wildman–Crippen LogP) is 3.14. The second-order valence-electron chi connectivity index (χ2n) is 8.05. The Kier molecular flexibility index (Phi) is 6.73. The van der Waals surface area contributed by atoms with Crippen molar-refractivity contribution in [1.29, 1.82) is 0 Å². The molecule has 2 aromatic rings. The summed E-state index contributed by atoms with van der Waals surface area (Å²) in [6.07, 6.45) is 8.35. The zero-order valence-corrected chi connectivity index (χ0v) is 17.2. The zero-order valence-electron chi connectivity index (χ0n) is 16.4. The van der Waals surface area contributed by atoms with Crippen molar-refractivity contribution in [2.45, 2.75) is 44.8 Å². The molecule has 28 heavy (non-hydrogen) atoms. The molecule has 2 saturated heterocycles. The van der Waals surface area contributed by atoms with Gasteiger partial charge >= 0.3 is 0 Å². The van der Waals surface area contributed by atoms with E-state index in [1.807, 2.05) is 18.5 Å². The fourth-order valence-electron chi connectivity index (χ4n) is 4.47. The maximum Gasteiger partial charge on any atom is 0.224 e. The Bertz CT molecular complexity index is 728. The van der Waals surface area contributed by atoms with Crippen LogP contribution >= 0.6 is 11.3 Å². The first-order valence-electron chi connectivity index (χ1n) is 10.4. The average molecular weight is 399 g/mol. The summed E-state index contributed by atoms with van der Waals surface area (Å²) in [6.45, 7) is 5.97. The first-order valence-corrected chi connectivity index (χ1v) is 11.4. The van der Waals surface area contributed by atoms with Gasteiger partial charge in [0.15, 0.2) is 0 Å². The third-order valence-electron chi connectivity index (χ3n) is 6.07. The van der Waals surface area contributed by atoms with Gasteiger partial charge in [0.2, 0.25) is 5.91 Å². The van der Waals surface area contributed by atoms with E-state index >= 15 is 0 Å². The Hall–Kier alpha value is -1.76. The highest BCUT2D eigenvalue weighted by Gasteiger charge is 2.31. The zero-order chi connectivity index (χ0) is 19.2. The van der Waals surface area contributed by atoms with Gasteiger partial charge in [-0.25, -0.2) is 0 Å². The summed E-state index contributed by atoms with van der Waals surface area (Å²) < 4.78 is 0. The number of thiophene rings is 1. The molecule has 0 radical (unpaired) electrons. The van der Waals surface area contributed by atoms with Gasteiger partial charge in [-0.15, -0.1) is 0 Å². The molecule has 1 atom stereocenters. The fourth-order valence-corrected chi connectivity index (χ4v) is 5.14. The van der Waals surface area contributed by atoms with Crippen LogP contribution in [0.4, 0.5) is 0 Å². The summed E-state index contributed by atoms with van der Waals surface area (Å²) in [5, 5.41) is 7.30. The van der Waals surface area contributed by atoms with Gasteiger partial charge in [-0.2, -0.15) is 11.3 Å². The number of pyridine rings is 1. The molecule has 2 aliphatic rings. The molecule has 5 nitrogen and oxygen atoms in total. The number of carbonyl (C=O) groups excluding carboxylic acids is 1. The highest BCUT2D eigenvalue weighted by Crippen LogP contribution is 2.24. The van der Waals surface area contributed by atoms with Crippen LogP contribution in [0.2, 0.25) is 0 Å². The fraction of sp³-hybridized carbons (Fsp3) is 0.545. The van der Waals surface area contributed by atoms with Gasteiger partial charge in [-0.1, -0.05) is 6.07 Å². The van der Waals surface area contributed by atoms with Crippen LogP contribution in [0, 0.1) is 5.92 Å². The number of carbonyl (C=O) groups is 1. The van der Waals surface area contributed by atoms with Crippen molar-refractivity contribution in [1.82, 2.24) is 20.1 Å². The standard InChI is InChI=1S/C22H30N4OS/c27-22(24-14-19-7-12-28-17-19)20-4-2-9-26(16-20)21-5-10-25(11-6-21)15-18-3-1-8-23-13-18/h1,3,7-8,12-13,17,20-21H,2,4-6,9-11,14-16H2,(H,24,27)/t20-/m1/s1. The Morgan fingerprint density at radius 3 is 2.82 bits per heavy atom. The summed E-state index contributed by atoms with van der Waals surface area (Å²) in [5.41, 5.74) is 2.49. The quantitative estimate of drug-likeness (QED) is 0.812. The molecule has 2 aromatic heterocycles. The number of rotatable bonds is 6. The van der Waals surface area contributed by atoms with Gasteiger partial charge in [0.25, 0.3) is 0 Å². The minimum atomic E-state index is 0.140. The van der Waals surface area contributed by atoms with Crippen molar-refractivity contribution < 1.29 is 4.79 Å². The number of piperidine rings is 2. The molecule has 6 heteroatoms. The van der Waals surface area contributed by atoms with E-state index in [1.54, 1.807) is 11.3 Å². The summed E-state index contributed by atoms with van der Waals surface area (Å²) in [4.78, 5) is 22.0. The van der Waals surface area contributed by atoms with Gasteiger partial charge in [0, 0.05) is 38.1 Å². The second-order valence-corrected chi connectivity index (χ2v) is 8.83. The van der Waals surface area contributed by atoms with E-state index in [0.29, 0.717) is 12.6 Å². The SMILES string of the molecule is O=C(NCc1ccsc1)[C@@H]1CCCN(C2CCN(Cc3cccnc3)CC2)C1. The molecule has 1 amide bonds. The summed E-state index contributed by atoms with van der Waals surface area (Å²) in [6, 6.07) is 6.87. The Balaban J connectivity index is 1.23. The molecule has 2 fully saturated rings. The van der Waals surface area contributed by atoms with Crippen LogP contribution < -0.4 is 5.32 Å². The van der Waals surface area contributed by atoms with Gasteiger partial charge in [-0.3, -0.25) is 19.6 Å². The smallest absolute Gasteiger partial charge is 0.224 e.